The van der Waals surface area contributed by atoms with E-state index >= 15 is 0 Å². The monoisotopic (exact) mass is 262 g/mol. The van der Waals surface area contributed by atoms with Gasteiger partial charge in [0.15, 0.2) is 0 Å². The topological polar surface area (TPSA) is 24.5 Å². The van der Waals surface area contributed by atoms with E-state index in [1.54, 1.807) is 0 Å². The normalized spacial score (nSPS) is 19.7. The predicted molar refractivity (Wildman–Crippen MR) is 80.7 cm³/mol. The molecule has 1 saturated heterocycles. The molecule has 0 radical (unpaired) electrons. The van der Waals surface area contributed by atoms with Gasteiger partial charge in [-0.15, -0.1) is 0 Å². The van der Waals surface area contributed by atoms with Crippen molar-refractivity contribution in [3.63, 3.8) is 0 Å². The molecular weight excluding hydrogens is 236 g/mol. The van der Waals surface area contributed by atoms with E-state index in [1.165, 1.54) is 11.3 Å². The van der Waals surface area contributed by atoms with E-state index in [9.17, 15) is 0 Å². The number of nitrogens with zero attached hydrogens (tertiary/aromatic N) is 1. The number of benzene rings is 1. The van der Waals surface area contributed by atoms with Crippen molar-refractivity contribution in [3.8, 4) is 0 Å². The zero-order valence-corrected chi connectivity index (χ0v) is 12.6. The molecule has 1 atom stereocenters. The van der Waals surface area contributed by atoms with Gasteiger partial charge in [0.1, 0.15) is 0 Å². The molecule has 0 aliphatic carbocycles. The lowest BCUT2D eigenvalue weighted by Crippen LogP contribution is -2.37. The second kappa shape index (κ2) is 5.93. The molecule has 1 aromatic carbocycles. The van der Waals surface area contributed by atoms with Crippen LogP contribution in [0.25, 0.3) is 0 Å². The predicted octanol–water partition coefficient (Wildman–Crippen LogP) is 2.80. The van der Waals surface area contributed by atoms with Gasteiger partial charge >= 0.3 is 0 Å². The molecule has 1 unspecified atom stereocenters. The highest BCUT2D eigenvalue weighted by Crippen LogP contribution is 2.24. The number of hydrogen-bond acceptors (Lipinski definition) is 3. The standard InChI is InChI=1S/C16H26N2O/c1-16(2,3)17-11-13-7-5-6-8-15(13)18(4)14-9-10-19-12-14/h5-8,14,17H,9-12H2,1-4H3. The van der Waals surface area contributed by atoms with Crippen LogP contribution >= 0.6 is 0 Å². The van der Waals surface area contributed by atoms with Crippen molar-refractivity contribution < 1.29 is 4.74 Å². The SMILES string of the molecule is CN(c1ccccc1CNC(C)(C)C)C1CCOC1. The molecule has 1 aliphatic rings. The zero-order valence-electron chi connectivity index (χ0n) is 12.6. The van der Waals surface area contributed by atoms with Gasteiger partial charge in [-0.3, -0.25) is 0 Å². The molecule has 0 spiro atoms. The van der Waals surface area contributed by atoms with Crippen molar-refractivity contribution in [1.29, 1.82) is 0 Å². The van der Waals surface area contributed by atoms with Crippen LogP contribution in [-0.2, 0) is 11.3 Å². The summed E-state index contributed by atoms with van der Waals surface area (Å²) in [5.41, 5.74) is 2.81. The van der Waals surface area contributed by atoms with Crippen molar-refractivity contribution >= 4 is 5.69 Å². The number of likely N-dealkylation sites (N-methyl/N-ethyl adjacent to an activating group) is 1. The minimum Gasteiger partial charge on any atom is -0.379 e. The Morgan fingerprint density at radius 2 is 2.05 bits per heavy atom. The molecule has 1 aliphatic heterocycles. The van der Waals surface area contributed by atoms with Gasteiger partial charge in [-0.2, -0.15) is 0 Å². The van der Waals surface area contributed by atoms with Gasteiger partial charge < -0.3 is 15.0 Å². The third-order valence-electron chi connectivity index (χ3n) is 3.63. The Balaban J connectivity index is 2.11. The van der Waals surface area contributed by atoms with Crippen molar-refractivity contribution in [1.82, 2.24) is 5.32 Å². The Hall–Kier alpha value is -1.06. The number of rotatable bonds is 4. The number of nitrogens with one attached hydrogen (secondary N) is 1. The van der Waals surface area contributed by atoms with Crippen LogP contribution in [0.2, 0.25) is 0 Å². The van der Waals surface area contributed by atoms with Crippen LogP contribution in [0, 0.1) is 0 Å². The molecule has 1 heterocycles. The average Bonchev–Trinajstić information content (AvgIpc) is 2.89. The molecular formula is C16H26N2O. The Morgan fingerprint density at radius 3 is 2.68 bits per heavy atom. The molecule has 19 heavy (non-hydrogen) atoms. The number of hydrogen-bond donors (Lipinski definition) is 1. The average molecular weight is 262 g/mol. The maximum atomic E-state index is 5.50. The second-order valence-electron chi connectivity index (χ2n) is 6.36. The van der Waals surface area contributed by atoms with Crippen LogP contribution in [0.4, 0.5) is 5.69 Å². The molecule has 1 N–H and O–H groups in total. The molecule has 3 nitrogen and oxygen atoms in total. The first kappa shape index (κ1) is 14.4. The molecule has 106 valence electrons. The first-order valence-corrected chi connectivity index (χ1v) is 7.11. The summed E-state index contributed by atoms with van der Waals surface area (Å²) in [5.74, 6) is 0. The van der Waals surface area contributed by atoms with Crippen LogP contribution in [0.5, 0.6) is 0 Å². The lowest BCUT2D eigenvalue weighted by Gasteiger charge is -2.29. The first-order valence-electron chi connectivity index (χ1n) is 7.11. The van der Waals surface area contributed by atoms with E-state index in [0.717, 1.165) is 26.2 Å². The van der Waals surface area contributed by atoms with E-state index in [4.69, 9.17) is 4.74 Å². The van der Waals surface area contributed by atoms with Gasteiger partial charge in [0.05, 0.1) is 12.6 Å². The van der Waals surface area contributed by atoms with E-state index in [2.05, 4.69) is 62.3 Å². The zero-order chi connectivity index (χ0) is 13.9. The van der Waals surface area contributed by atoms with Gasteiger partial charge in [-0.05, 0) is 38.8 Å². The molecule has 0 bridgehead atoms. The summed E-state index contributed by atoms with van der Waals surface area (Å²) in [6.45, 7) is 9.23. The van der Waals surface area contributed by atoms with Gasteiger partial charge in [0.25, 0.3) is 0 Å². The summed E-state index contributed by atoms with van der Waals surface area (Å²) in [5, 5.41) is 3.57. The van der Waals surface area contributed by atoms with Crippen LogP contribution in [0.1, 0.15) is 32.8 Å². The Bertz CT molecular complexity index is 405. The molecule has 2 rings (SSSR count). The van der Waals surface area contributed by atoms with Crippen LogP contribution in [-0.4, -0.2) is 31.8 Å². The number of anilines is 1. The van der Waals surface area contributed by atoms with Gasteiger partial charge in [0, 0.05) is 31.4 Å². The largest absolute Gasteiger partial charge is 0.379 e. The smallest absolute Gasteiger partial charge is 0.0670 e. The molecule has 1 fully saturated rings. The summed E-state index contributed by atoms with van der Waals surface area (Å²) in [4.78, 5) is 2.37. The Kier molecular flexibility index (Phi) is 4.48. The number of ether oxygens (including phenoxy) is 1. The Labute approximate surface area is 116 Å². The minimum atomic E-state index is 0.141. The van der Waals surface area contributed by atoms with Crippen molar-refractivity contribution in [2.75, 3.05) is 25.2 Å². The van der Waals surface area contributed by atoms with E-state index in [0.29, 0.717) is 6.04 Å². The fourth-order valence-electron chi connectivity index (χ4n) is 2.39. The maximum absolute atomic E-state index is 5.50. The highest BCUT2D eigenvalue weighted by atomic mass is 16.5. The fraction of sp³-hybridized carbons (Fsp3) is 0.625. The van der Waals surface area contributed by atoms with E-state index < -0.39 is 0 Å². The van der Waals surface area contributed by atoms with Gasteiger partial charge in [-0.1, -0.05) is 18.2 Å². The molecule has 0 saturated carbocycles. The third-order valence-corrected chi connectivity index (χ3v) is 3.63. The summed E-state index contributed by atoms with van der Waals surface area (Å²) in [7, 11) is 2.18. The lowest BCUT2D eigenvalue weighted by atomic mass is 10.1. The van der Waals surface area contributed by atoms with Gasteiger partial charge in [-0.25, -0.2) is 0 Å². The van der Waals surface area contributed by atoms with E-state index in [1.807, 2.05) is 0 Å². The van der Waals surface area contributed by atoms with Crippen LogP contribution in [0.3, 0.4) is 0 Å². The molecule has 0 aromatic heterocycles. The highest BCUT2D eigenvalue weighted by Gasteiger charge is 2.22. The summed E-state index contributed by atoms with van der Waals surface area (Å²) in [6, 6.07) is 9.15. The summed E-state index contributed by atoms with van der Waals surface area (Å²) < 4.78 is 5.50. The first-order chi connectivity index (χ1) is 8.97. The van der Waals surface area contributed by atoms with Crippen LogP contribution in [0.15, 0.2) is 24.3 Å². The minimum absolute atomic E-state index is 0.141. The number of para-hydroxylation sites is 1. The van der Waals surface area contributed by atoms with E-state index in [-0.39, 0.29) is 5.54 Å². The van der Waals surface area contributed by atoms with Gasteiger partial charge in [0.2, 0.25) is 0 Å². The van der Waals surface area contributed by atoms with Crippen LogP contribution < -0.4 is 10.2 Å². The fourth-order valence-corrected chi connectivity index (χ4v) is 2.39. The van der Waals surface area contributed by atoms with Crippen molar-refractivity contribution in [2.45, 2.75) is 45.3 Å². The lowest BCUT2D eigenvalue weighted by molar-refractivity contribution is 0.193. The second-order valence-corrected chi connectivity index (χ2v) is 6.36. The van der Waals surface area contributed by atoms with Crippen molar-refractivity contribution in [2.24, 2.45) is 0 Å². The summed E-state index contributed by atoms with van der Waals surface area (Å²) >= 11 is 0. The molecule has 0 amide bonds. The van der Waals surface area contributed by atoms with Crippen molar-refractivity contribution in [3.05, 3.63) is 29.8 Å². The molecule has 1 aromatic rings. The summed E-state index contributed by atoms with van der Waals surface area (Å²) in [6.07, 6.45) is 1.12. The maximum Gasteiger partial charge on any atom is 0.0670 e. The molecule has 3 heteroatoms. The quantitative estimate of drug-likeness (QED) is 0.903. The Morgan fingerprint density at radius 1 is 1.32 bits per heavy atom. The highest BCUT2D eigenvalue weighted by molar-refractivity contribution is 5.54. The third kappa shape index (κ3) is 3.95.